The van der Waals surface area contributed by atoms with Crippen LogP contribution in [0, 0.1) is 6.01 Å². The molecule has 4 rings (SSSR count). The lowest BCUT2D eigenvalue weighted by Crippen LogP contribution is -2.25. The zero-order chi connectivity index (χ0) is 28.9. The van der Waals surface area contributed by atoms with Crippen LogP contribution in [0.25, 0.3) is 22.1 Å². The molecule has 0 saturated heterocycles. The van der Waals surface area contributed by atoms with E-state index in [1.54, 1.807) is 13.1 Å². The number of rotatable bonds is 11. The second-order valence-corrected chi connectivity index (χ2v) is 13.0. The van der Waals surface area contributed by atoms with Crippen molar-refractivity contribution in [2.45, 2.75) is 65.2 Å². The average Bonchev–Trinajstić information content (AvgIpc) is 3.30. The van der Waals surface area contributed by atoms with Crippen molar-refractivity contribution >= 4 is 27.7 Å². The van der Waals surface area contributed by atoms with Crippen LogP contribution in [0.15, 0.2) is 59.1 Å². The Morgan fingerprint density at radius 3 is 2.58 bits per heavy atom. The average molecular weight is 566 g/mol. The molecule has 0 N–H and O–H groups in total. The van der Waals surface area contributed by atoms with E-state index in [1.165, 1.54) is 6.07 Å². The first kappa shape index (κ1) is 29.5. The first-order chi connectivity index (χ1) is 19.1. The van der Waals surface area contributed by atoms with E-state index in [-0.39, 0.29) is 23.7 Å². The van der Waals surface area contributed by atoms with Crippen molar-refractivity contribution in [3.8, 4) is 16.9 Å². The number of pyridine rings is 1. The lowest BCUT2D eigenvalue weighted by atomic mass is 10.0. The van der Waals surface area contributed by atoms with Crippen molar-refractivity contribution in [3.05, 3.63) is 83.1 Å². The first-order valence-electron chi connectivity index (χ1n) is 13.5. The van der Waals surface area contributed by atoms with E-state index in [0.717, 1.165) is 39.9 Å². The Labute approximate surface area is 237 Å². The maximum Gasteiger partial charge on any atom is 0.310 e. The molecule has 0 bridgehead atoms. The van der Waals surface area contributed by atoms with Gasteiger partial charge < -0.3 is 13.9 Å². The van der Waals surface area contributed by atoms with Gasteiger partial charge in [-0.2, -0.15) is 4.39 Å². The van der Waals surface area contributed by atoms with E-state index in [0.29, 0.717) is 35.5 Å². The van der Waals surface area contributed by atoms with Gasteiger partial charge in [-0.25, -0.2) is 0 Å². The molecule has 2 aromatic heterocycles. The van der Waals surface area contributed by atoms with Crippen LogP contribution < -0.4 is 4.74 Å². The number of nitrogens with zero attached hydrogens (tertiary/aromatic N) is 1. The Kier molecular flexibility index (Phi) is 9.40. The summed E-state index contributed by atoms with van der Waals surface area (Å²) in [4.78, 5) is 16.6. The van der Waals surface area contributed by atoms with Crippen molar-refractivity contribution in [2.24, 2.45) is 0 Å². The van der Waals surface area contributed by atoms with Crippen LogP contribution in [-0.4, -0.2) is 32.3 Å². The van der Waals surface area contributed by atoms with E-state index in [4.69, 9.17) is 13.9 Å². The Morgan fingerprint density at radius 1 is 1.05 bits per heavy atom. The third-order valence-electron chi connectivity index (χ3n) is 6.57. The van der Waals surface area contributed by atoms with Crippen molar-refractivity contribution in [2.75, 3.05) is 12.4 Å². The fourth-order valence-corrected chi connectivity index (χ4v) is 5.40. The van der Waals surface area contributed by atoms with Crippen molar-refractivity contribution < 1.29 is 27.3 Å². The molecular weight excluding hydrogens is 529 g/mol. The van der Waals surface area contributed by atoms with Crippen LogP contribution >= 0.6 is 0 Å². The van der Waals surface area contributed by atoms with Crippen LogP contribution in [0.3, 0.4) is 0 Å². The zero-order valence-electron chi connectivity index (χ0n) is 23.7. The third-order valence-corrected chi connectivity index (χ3v) is 8.52. The topological polar surface area (TPSA) is 78.6 Å². The number of carbonyl (C=O) groups is 1. The second-order valence-electron chi connectivity index (χ2n) is 10.6. The summed E-state index contributed by atoms with van der Waals surface area (Å²) in [5.74, 6) is 0.809. The summed E-state index contributed by atoms with van der Waals surface area (Å²) >= 11 is 0. The number of halogens is 1. The minimum absolute atomic E-state index is 0.115. The smallest absolute Gasteiger partial charge is 0.310 e. The van der Waals surface area contributed by atoms with Gasteiger partial charge in [0.2, 0.25) is 0 Å². The van der Waals surface area contributed by atoms with Crippen LogP contribution in [0.5, 0.6) is 5.75 Å². The van der Waals surface area contributed by atoms with E-state index in [1.807, 2.05) is 63.2 Å². The standard InChI is InChI=1S/C32H36FNO5S/c1-6-21-8-9-24(19-30(35)37-7-2)28(16-21)38-20-22-14-25-18-29(33)39-31(25)27(15-22)23-10-12-34-26(17-23)11-13-40(36)32(3,4)5/h8-10,12,14-18H,6-7,11,13,19-20H2,1-5H3. The highest BCUT2D eigenvalue weighted by molar-refractivity contribution is 7.86. The number of carbonyl (C=O) groups excluding carboxylic acids is 1. The molecule has 0 spiro atoms. The molecular formula is C32H36FNO5S. The molecule has 212 valence electrons. The summed E-state index contributed by atoms with van der Waals surface area (Å²) in [5, 5.41) is 0.620. The number of hydrogen-bond acceptors (Lipinski definition) is 6. The fourth-order valence-electron chi connectivity index (χ4n) is 4.40. The number of benzene rings is 2. The molecule has 0 fully saturated rings. The highest BCUT2D eigenvalue weighted by atomic mass is 32.2. The number of hydrogen-bond donors (Lipinski definition) is 0. The van der Waals surface area contributed by atoms with Gasteiger partial charge in [0.25, 0.3) is 6.01 Å². The molecule has 4 aromatic rings. The quantitative estimate of drug-likeness (QED) is 0.183. The molecule has 0 saturated carbocycles. The molecule has 6 nitrogen and oxygen atoms in total. The third kappa shape index (κ3) is 7.36. The van der Waals surface area contributed by atoms with E-state index in [9.17, 15) is 13.4 Å². The van der Waals surface area contributed by atoms with Gasteiger partial charge in [-0.05, 0) is 81.1 Å². The van der Waals surface area contributed by atoms with Gasteiger partial charge in [0.1, 0.15) is 17.9 Å². The number of ether oxygens (including phenoxy) is 2. The molecule has 0 aliphatic rings. The molecule has 0 aliphatic carbocycles. The van der Waals surface area contributed by atoms with E-state index in [2.05, 4.69) is 11.9 Å². The van der Waals surface area contributed by atoms with Crippen LogP contribution in [0.2, 0.25) is 0 Å². The number of fused-ring (bicyclic) bond motifs is 1. The number of aryl methyl sites for hydroxylation is 2. The summed E-state index contributed by atoms with van der Waals surface area (Å²) in [6.45, 7) is 10.2. The van der Waals surface area contributed by atoms with Gasteiger partial charge in [0, 0.05) is 62.2 Å². The van der Waals surface area contributed by atoms with Gasteiger partial charge >= 0.3 is 5.97 Å². The van der Waals surface area contributed by atoms with Gasteiger partial charge in [0.15, 0.2) is 0 Å². The van der Waals surface area contributed by atoms with Gasteiger partial charge in [-0.1, -0.05) is 19.1 Å². The molecule has 0 aliphatic heterocycles. The van der Waals surface area contributed by atoms with Gasteiger partial charge in [0.05, 0.1) is 13.0 Å². The molecule has 1 atom stereocenters. The molecule has 8 heteroatoms. The maximum absolute atomic E-state index is 14.2. The van der Waals surface area contributed by atoms with Crippen molar-refractivity contribution in [1.82, 2.24) is 4.98 Å². The van der Waals surface area contributed by atoms with Crippen molar-refractivity contribution in [3.63, 3.8) is 0 Å². The normalized spacial score (nSPS) is 12.4. The first-order valence-corrected chi connectivity index (χ1v) is 14.8. The summed E-state index contributed by atoms with van der Waals surface area (Å²) in [6.07, 6.45) is 3.21. The minimum atomic E-state index is -0.996. The lowest BCUT2D eigenvalue weighted by molar-refractivity contribution is -0.142. The van der Waals surface area contributed by atoms with Crippen molar-refractivity contribution in [1.29, 1.82) is 0 Å². The molecule has 0 radical (unpaired) electrons. The highest BCUT2D eigenvalue weighted by Gasteiger charge is 2.20. The Morgan fingerprint density at radius 2 is 1.85 bits per heavy atom. The monoisotopic (exact) mass is 565 g/mol. The predicted octanol–water partition coefficient (Wildman–Crippen LogP) is 6.97. The largest absolute Gasteiger partial charge is 0.489 e. The van der Waals surface area contributed by atoms with E-state index < -0.39 is 16.8 Å². The lowest BCUT2D eigenvalue weighted by Gasteiger charge is -2.17. The predicted molar refractivity (Wildman–Crippen MR) is 156 cm³/mol. The highest BCUT2D eigenvalue weighted by Crippen LogP contribution is 2.33. The Balaban J connectivity index is 1.63. The van der Waals surface area contributed by atoms with Crippen LogP contribution in [0.1, 0.15) is 57.0 Å². The van der Waals surface area contributed by atoms with E-state index >= 15 is 0 Å². The summed E-state index contributed by atoms with van der Waals surface area (Å²) in [5.41, 5.74) is 5.44. The number of furan rings is 1. The molecule has 40 heavy (non-hydrogen) atoms. The second kappa shape index (κ2) is 12.8. The molecule has 1 unspecified atom stereocenters. The van der Waals surface area contributed by atoms with Crippen LogP contribution in [-0.2, 0) is 46.2 Å². The Bertz CT molecular complexity index is 1520. The maximum atomic E-state index is 14.2. The molecule has 2 aromatic carbocycles. The van der Waals surface area contributed by atoms with Gasteiger partial charge in [-0.15, -0.1) is 0 Å². The SMILES string of the molecule is CCOC(=O)Cc1ccc(CC)cc1OCc1cc(-c2ccnc(CCS(=O)C(C)(C)C)c2)c2oc(F)cc2c1. The Hall–Kier alpha value is -3.52. The molecule has 0 amide bonds. The zero-order valence-corrected chi connectivity index (χ0v) is 24.5. The minimum Gasteiger partial charge on any atom is -0.489 e. The molecule has 2 heterocycles. The van der Waals surface area contributed by atoms with Crippen LogP contribution in [0.4, 0.5) is 4.39 Å². The van der Waals surface area contributed by atoms with Gasteiger partial charge in [-0.3, -0.25) is 14.0 Å². The number of esters is 1. The fraction of sp³-hybridized carbons (Fsp3) is 0.375. The number of aromatic nitrogens is 1. The summed E-state index contributed by atoms with van der Waals surface area (Å²) in [7, 11) is -0.996. The summed E-state index contributed by atoms with van der Waals surface area (Å²) < 4.78 is 43.3. The summed E-state index contributed by atoms with van der Waals surface area (Å²) in [6, 6.07) is 14.1.